The lowest BCUT2D eigenvalue weighted by atomic mass is 9.86. The molecular weight excluding hydrogens is 260 g/mol. The molecule has 0 bridgehead atoms. The van der Waals surface area contributed by atoms with Crippen LogP contribution < -0.4 is 5.32 Å². The summed E-state index contributed by atoms with van der Waals surface area (Å²) >= 11 is 0. The normalized spacial score (nSPS) is 24.7. The molecule has 0 aromatic heterocycles. The predicted molar refractivity (Wildman–Crippen MR) is 86.7 cm³/mol. The highest BCUT2D eigenvalue weighted by atomic mass is 16.2. The van der Waals surface area contributed by atoms with Crippen LogP contribution in [0.3, 0.4) is 0 Å². The first-order valence-corrected chi connectivity index (χ1v) is 7.86. The van der Waals surface area contributed by atoms with Crippen molar-refractivity contribution in [3.63, 3.8) is 0 Å². The fourth-order valence-corrected chi connectivity index (χ4v) is 2.86. The van der Waals surface area contributed by atoms with E-state index in [1.54, 1.807) is 0 Å². The van der Waals surface area contributed by atoms with E-state index in [-0.39, 0.29) is 29.6 Å². The summed E-state index contributed by atoms with van der Waals surface area (Å²) in [6.45, 7) is 13.1. The number of carbonyl (C=O) groups is 1. The summed E-state index contributed by atoms with van der Waals surface area (Å²) in [6, 6.07) is 9.99. The van der Waals surface area contributed by atoms with Crippen LogP contribution in [0.4, 0.5) is 0 Å². The van der Waals surface area contributed by atoms with Gasteiger partial charge in [-0.3, -0.25) is 10.1 Å². The van der Waals surface area contributed by atoms with Crippen molar-refractivity contribution < 1.29 is 4.79 Å². The highest BCUT2D eigenvalue weighted by Gasteiger charge is 2.45. The molecule has 3 nitrogen and oxygen atoms in total. The van der Waals surface area contributed by atoms with Gasteiger partial charge in [0, 0.05) is 6.04 Å². The molecule has 1 aromatic carbocycles. The van der Waals surface area contributed by atoms with Crippen molar-refractivity contribution in [2.45, 2.75) is 59.8 Å². The first-order chi connectivity index (χ1) is 9.73. The van der Waals surface area contributed by atoms with Crippen molar-refractivity contribution in [2.75, 3.05) is 0 Å². The third-order valence-corrected chi connectivity index (χ3v) is 4.57. The molecule has 21 heavy (non-hydrogen) atoms. The summed E-state index contributed by atoms with van der Waals surface area (Å²) < 4.78 is 0. The highest BCUT2D eigenvalue weighted by molar-refractivity contribution is 5.86. The van der Waals surface area contributed by atoms with Crippen molar-refractivity contribution >= 4 is 5.91 Å². The van der Waals surface area contributed by atoms with Crippen LogP contribution in [0.25, 0.3) is 0 Å². The maximum atomic E-state index is 13.0. The number of carbonyl (C=O) groups excluding carboxylic acids is 1. The molecule has 1 amide bonds. The second-order valence-corrected chi connectivity index (χ2v) is 7.49. The van der Waals surface area contributed by atoms with Crippen LogP contribution in [0.15, 0.2) is 30.3 Å². The van der Waals surface area contributed by atoms with Crippen LogP contribution >= 0.6 is 0 Å². The quantitative estimate of drug-likeness (QED) is 0.922. The minimum absolute atomic E-state index is 0.0655. The Morgan fingerprint density at radius 2 is 1.67 bits per heavy atom. The van der Waals surface area contributed by atoms with E-state index >= 15 is 0 Å². The Morgan fingerprint density at radius 3 is 2.14 bits per heavy atom. The maximum absolute atomic E-state index is 13.0. The Labute approximate surface area is 128 Å². The van der Waals surface area contributed by atoms with E-state index in [9.17, 15) is 4.79 Å². The summed E-state index contributed by atoms with van der Waals surface area (Å²) in [7, 11) is 0. The largest absolute Gasteiger partial charge is 0.322 e. The Morgan fingerprint density at radius 1 is 1.10 bits per heavy atom. The lowest BCUT2D eigenvalue weighted by molar-refractivity contribution is -0.135. The van der Waals surface area contributed by atoms with Gasteiger partial charge in [-0.2, -0.15) is 0 Å². The maximum Gasteiger partial charge on any atom is 0.245 e. The van der Waals surface area contributed by atoms with Gasteiger partial charge in [-0.15, -0.1) is 0 Å². The van der Waals surface area contributed by atoms with Crippen LogP contribution in [-0.2, 0) is 4.79 Å². The lowest BCUT2D eigenvalue weighted by Crippen LogP contribution is -2.50. The molecule has 1 aromatic rings. The topological polar surface area (TPSA) is 32.3 Å². The number of rotatable bonds is 3. The average Bonchev–Trinajstić information content (AvgIpc) is 2.75. The molecule has 3 unspecified atom stereocenters. The fraction of sp³-hybridized carbons (Fsp3) is 0.611. The molecule has 1 aliphatic rings. The summed E-state index contributed by atoms with van der Waals surface area (Å²) in [5.41, 5.74) is 1.12. The van der Waals surface area contributed by atoms with Crippen LogP contribution in [0.5, 0.6) is 0 Å². The zero-order chi connectivity index (χ0) is 15.8. The van der Waals surface area contributed by atoms with Crippen molar-refractivity contribution in [1.82, 2.24) is 10.2 Å². The summed E-state index contributed by atoms with van der Waals surface area (Å²) in [6.07, 6.45) is 0.0944. The van der Waals surface area contributed by atoms with Gasteiger partial charge in [0.25, 0.3) is 0 Å². The number of hydrogen-bond acceptors (Lipinski definition) is 2. The Kier molecular flexibility index (Phi) is 4.43. The van der Waals surface area contributed by atoms with Gasteiger partial charge in [0.15, 0.2) is 0 Å². The summed E-state index contributed by atoms with van der Waals surface area (Å²) in [5, 5.41) is 3.54. The molecule has 2 rings (SSSR count). The molecule has 0 radical (unpaired) electrons. The molecule has 1 saturated heterocycles. The van der Waals surface area contributed by atoms with E-state index in [0.29, 0.717) is 5.92 Å². The molecule has 1 fully saturated rings. The molecule has 1 heterocycles. The molecular formula is C18H28N2O. The van der Waals surface area contributed by atoms with Crippen molar-refractivity contribution in [2.24, 2.45) is 11.3 Å². The summed E-state index contributed by atoms with van der Waals surface area (Å²) in [5.74, 6) is 0.579. The minimum atomic E-state index is -0.219. The van der Waals surface area contributed by atoms with Gasteiger partial charge in [0.1, 0.15) is 6.04 Å². The van der Waals surface area contributed by atoms with E-state index in [1.807, 2.05) is 30.3 Å². The average molecular weight is 288 g/mol. The van der Waals surface area contributed by atoms with Crippen molar-refractivity contribution in [3.8, 4) is 0 Å². The minimum Gasteiger partial charge on any atom is -0.322 e. The van der Waals surface area contributed by atoms with Gasteiger partial charge in [0.05, 0.1) is 6.17 Å². The van der Waals surface area contributed by atoms with Crippen LogP contribution in [0, 0.1) is 11.3 Å². The van der Waals surface area contributed by atoms with Gasteiger partial charge < -0.3 is 4.90 Å². The van der Waals surface area contributed by atoms with Crippen LogP contribution in [0.1, 0.15) is 53.1 Å². The molecule has 0 saturated carbocycles. The second-order valence-electron chi connectivity index (χ2n) is 7.49. The van der Waals surface area contributed by atoms with E-state index in [0.717, 1.165) is 5.56 Å². The lowest BCUT2D eigenvalue weighted by Gasteiger charge is -2.39. The Bertz CT molecular complexity index is 490. The van der Waals surface area contributed by atoms with Gasteiger partial charge in [0.2, 0.25) is 5.91 Å². The molecule has 1 N–H and O–H groups in total. The van der Waals surface area contributed by atoms with E-state index in [1.165, 1.54) is 0 Å². The number of nitrogens with zero attached hydrogens (tertiary/aromatic N) is 1. The highest BCUT2D eigenvalue weighted by Crippen LogP contribution is 2.34. The number of amides is 1. The first kappa shape index (κ1) is 16.0. The predicted octanol–water partition coefficient (Wildman–Crippen LogP) is 3.58. The number of benzene rings is 1. The third-order valence-electron chi connectivity index (χ3n) is 4.57. The van der Waals surface area contributed by atoms with Crippen LogP contribution in [0.2, 0.25) is 0 Å². The molecule has 3 heteroatoms. The van der Waals surface area contributed by atoms with Gasteiger partial charge in [-0.25, -0.2) is 0 Å². The van der Waals surface area contributed by atoms with Crippen LogP contribution in [-0.4, -0.2) is 23.0 Å². The number of nitrogens with one attached hydrogen (secondary N) is 1. The monoisotopic (exact) mass is 288 g/mol. The molecule has 0 aliphatic carbocycles. The van der Waals surface area contributed by atoms with E-state index in [2.05, 4.69) is 51.8 Å². The fourth-order valence-electron chi connectivity index (χ4n) is 2.86. The molecule has 1 aliphatic heterocycles. The van der Waals surface area contributed by atoms with E-state index < -0.39 is 0 Å². The van der Waals surface area contributed by atoms with Gasteiger partial charge in [-0.1, -0.05) is 65.0 Å². The van der Waals surface area contributed by atoms with Gasteiger partial charge in [-0.05, 0) is 23.8 Å². The standard InChI is InChI=1S/C18H28N2O/c1-12(2)16-19-15(14-10-8-7-9-11-14)17(21)20(16)13(3)18(4,5)6/h7-13,15-16,19H,1-6H3. The Balaban J connectivity index is 2.33. The van der Waals surface area contributed by atoms with Gasteiger partial charge >= 0.3 is 0 Å². The number of hydrogen-bond donors (Lipinski definition) is 1. The Hall–Kier alpha value is -1.35. The SMILES string of the molecule is CC(C)C1NC(c2ccccc2)C(=O)N1C(C)C(C)(C)C. The first-order valence-electron chi connectivity index (χ1n) is 7.86. The smallest absolute Gasteiger partial charge is 0.245 e. The van der Waals surface area contributed by atoms with E-state index in [4.69, 9.17) is 0 Å². The molecule has 0 spiro atoms. The molecule has 116 valence electrons. The summed E-state index contributed by atoms with van der Waals surface area (Å²) in [4.78, 5) is 15.0. The zero-order valence-corrected chi connectivity index (χ0v) is 14.1. The zero-order valence-electron chi connectivity index (χ0n) is 14.1. The third kappa shape index (κ3) is 3.13. The van der Waals surface area contributed by atoms with Crippen molar-refractivity contribution in [1.29, 1.82) is 0 Å². The second kappa shape index (κ2) is 5.80. The van der Waals surface area contributed by atoms with Crippen molar-refractivity contribution in [3.05, 3.63) is 35.9 Å². The molecule has 3 atom stereocenters.